The molecule has 8 heteroatoms. The number of rotatable bonds is 4. The second-order valence-electron chi connectivity index (χ2n) is 8.78. The molecule has 0 saturated carbocycles. The fourth-order valence-corrected chi connectivity index (χ4v) is 5.27. The maximum absolute atomic E-state index is 15.0. The molecule has 3 heterocycles. The van der Waals surface area contributed by atoms with Gasteiger partial charge in [0, 0.05) is 12.0 Å². The van der Waals surface area contributed by atoms with Gasteiger partial charge in [-0.05, 0) is 49.1 Å². The van der Waals surface area contributed by atoms with Crippen molar-refractivity contribution in [2.45, 2.75) is 40.2 Å². The van der Waals surface area contributed by atoms with Crippen LogP contribution in [0.4, 0.5) is 9.52 Å². The molecule has 33 heavy (non-hydrogen) atoms. The number of carbonyl (C=O) groups excluding carboxylic acids is 1. The van der Waals surface area contributed by atoms with Gasteiger partial charge in [0.05, 0.1) is 10.9 Å². The van der Waals surface area contributed by atoms with Gasteiger partial charge in [-0.2, -0.15) is 0 Å². The summed E-state index contributed by atoms with van der Waals surface area (Å²) in [4.78, 5) is 28.6. The van der Waals surface area contributed by atoms with Crippen molar-refractivity contribution in [2.24, 2.45) is 5.92 Å². The van der Waals surface area contributed by atoms with Gasteiger partial charge in [0.25, 0.3) is 5.91 Å². The SMILES string of the molecule is Cc1cc2oc3c(c(=O)c2cc1C)[C@@H](c1ccccc1F)N(c1nnc(CC(C)C)s1)C3=O. The fourth-order valence-electron chi connectivity index (χ4n) is 4.19. The molecular weight excluding hydrogens is 441 g/mol. The van der Waals surface area contributed by atoms with Crippen molar-refractivity contribution in [3.8, 4) is 0 Å². The summed E-state index contributed by atoms with van der Waals surface area (Å²) in [6.45, 7) is 7.96. The molecule has 1 amide bonds. The van der Waals surface area contributed by atoms with Crippen LogP contribution in [0.2, 0.25) is 0 Å². The van der Waals surface area contributed by atoms with Crippen molar-refractivity contribution in [1.29, 1.82) is 0 Å². The number of aromatic nitrogens is 2. The molecule has 1 aliphatic rings. The van der Waals surface area contributed by atoms with E-state index in [0.717, 1.165) is 16.1 Å². The van der Waals surface area contributed by atoms with Crippen LogP contribution in [0.3, 0.4) is 0 Å². The highest BCUT2D eigenvalue weighted by atomic mass is 32.1. The molecule has 168 valence electrons. The Morgan fingerprint density at radius 1 is 1.12 bits per heavy atom. The first kappa shape index (κ1) is 21.5. The number of fused-ring (bicyclic) bond motifs is 2. The van der Waals surface area contributed by atoms with Crippen LogP contribution in [-0.2, 0) is 6.42 Å². The van der Waals surface area contributed by atoms with Crippen LogP contribution >= 0.6 is 11.3 Å². The third-order valence-corrected chi connectivity index (χ3v) is 6.88. The second-order valence-corrected chi connectivity index (χ2v) is 9.82. The third kappa shape index (κ3) is 3.45. The number of nitrogens with zero attached hydrogens (tertiary/aromatic N) is 3. The van der Waals surface area contributed by atoms with E-state index in [9.17, 15) is 14.0 Å². The number of halogens is 1. The Bertz CT molecular complexity index is 1470. The summed E-state index contributed by atoms with van der Waals surface area (Å²) in [5.41, 5.74) is 2.21. The molecule has 0 unspecified atom stereocenters. The number of carbonyl (C=O) groups is 1. The highest BCUT2D eigenvalue weighted by molar-refractivity contribution is 7.15. The zero-order chi connectivity index (χ0) is 23.4. The minimum absolute atomic E-state index is 0.0791. The molecule has 0 spiro atoms. The van der Waals surface area contributed by atoms with Gasteiger partial charge >= 0.3 is 0 Å². The van der Waals surface area contributed by atoms with Gasteiger partial charge in [-0.15, -0.1) is 10.2 Å². The lowest BCUT2D eigenvalue weighted by atomic mass is 9.97. The Kier molecular flexibility index (Phi) is 5.12. The van der Waals surface area contributed by atoms with Gasteiger partial charge in [-0.1, -0.05) is 43.4 Å². The molecule has 2 aromatic carbocycles. The smallest absolute Gasteiger partial charge is 0.297 e. The molecule has 0 saturated heterocycles. The van der Waals surface area contributed by atoms with Crippen LogP contribution in [-0.4, -0.2) is 16.1 Å². The highest BCUT2D eigenvalue weighted by Crippen LogP contribution is 2.43. The summed E-state index contributed by atoms with van der Waals surface area (Å²) in [5.74, 6) is -0.758. The number of benzene rings is 2. The predicted molar refractivity (Wildman–Crippen MR) is 125 cm³/mol. The van der Waals surface area contributed by atoms with Crippen molar-refractivity contribution in [1.82, 2.24) is 10.2 Å². The number of amides is 1. The van der Waals surface area contributed by atoms with Gasteiger partial charge in [0.2, 0.25) is 10.9 Å². The molecule has 2 aromatic heterocycles. The van der Waals surface area contributed by atoms with Gasteiger partial charge < -0.3 is 4.42 Å². The Balaban J connectivity index is 1.77. The molecule has 0 fully saturated rings. The largest absolute Gasteiger partial charge is 0.450 e. The van der Waals surface area contributed by atoms with E-state index in [4.69, 9.17) is 4.42 Å². The molecular formula is C25H22FN3O3S. The minimum Gasteiger partial charge on any atom is -0.450 e. The lowest BCUT2D eigenvalue weighted by molar-refractivity contribution is 0.0970. The van der Waals surface area contributed by atoms with Crippen LogP contribution in [0.5, 0.6) is 0 Å². The van der Waals surface area contributed by atoms with Crippen molar-refractivity contribution in [2.75, 3.05) is 4.90 Å². The summed E-state index contributed by atoms with van der Waals surface area (Å²) in [5, 5.41) is 9.89. The lowest BCUT2D eigenvalue weighted by Gasteiger charge is -2.22. The van der Waals surface area contributed by atoms with E-state index in [1.54, 1.807) is 30.3 Å². The fraction of sp³-hybridized carbons (Fsp3) is 0.280. The molecule has 6 nitrogen and oxygen atoms in total. The van der Waals surface area contributed by atoms with Crippen LogP contribution in [0.15, 0.2) is 45.6 Å². The van der Waals surface area contributed by atoms with Gasteiger partial charge in [0.1, 0.15) is 22.4 Å². The summed E-state index contributed by atoms with van der Waals surface area (Å²) in [7, 11) is 0. The number of hydrogen-bond donors (Lipinski definition) is 0. The maximum Gasteiger partial charge on any atom is 0.297 e. The summed E-state index contributed by atoms with van der Waals surface area (Å²) >= 11 is 1.27. The molecule has 0 N–H and O–H groups in total. The van der Waals surface area contributed by atoms with Crippen molar-refractivity contribution >= 4 is 33.3 Å². The topological polar surface area (TPSA) is 76.3 Å². The summed E-state index contributed by atoms with van der Waals surface area (Å²) in [6, 6.07) is 8.67. The third-order valence-electron chi connectivity index (χ3n) is 5.93. The van der Waals surface area contributed by atoms with E-state index < -0.39 is 17.8 Å². The first-order valence-corrected chi connectivity index (χ1v) is 11.6. The van der Waals surface area contributed by atoms with Crippen LogP contribution in [0, 0.1) is 25.6 Å². The van der Waals surface area contributed by atoms with E-state index in [2.05, 4.69) is 24.0 Å². The Hall–Kier alpha value is -3.39. The Labute approximate surface area is 193 Å². The predicted octanol–water partition coefficient (Wildman–Crippen LogP) is 5.35. The standard InChI is InChI=1S/C25H22FN3O3S/c1-12(2)9-19-27-28-25(33-19)29-21(15-7-5-6-8-17(15)26)20-22(30)16-10-13(3)14(4)11-18(16)32-23(20)24(29)31/h5-8,10-12,21H,9H2,1-4H3/t21-/m1/s1. The number of aryl methyl sites for hydroxylation is 2. The van der Waals surface area contributed by atoms with E-state index in [1.165, 1.54) is 22.3 Å². The maximum atomic E-state index is 15.0. The quantitative estimate of drug-likeness (QED) is 0.408. The average Bonchev–Trinajstić information content (AvgIpc) is 3.32. The van der Waals surface area contributed by atoms with Gasteiger partial charge in [-0.25, -0.2) is 4.39 Å². The van der Waals surface area contributed by atoms with Crippen LogP contribution in [0.25, 0.3) is 11.0 Å². The zero-order valence-electron chi connectivity index (χ0n) is 18.7. The van der Waals surface area contributed by atoms with E-state index in [0.29, 0.717) is 28.4 Å². The lowest BCUT2D eigenvalue weighted by Crippen LogP contribution is -2.30. The molecule has 0 radical (unpaired) electrons. The number of hydrogen-bond acceptors (Lipinski definition) is 6. The summed E-state index contributed by atoms with van der Waals surface area (Å²) in [6.07, 6.45) is 0.705. The molecule has 5 rings (SSSR count). The van der Waals surface area contributed by atoms with Crippen molar-refractivity contribution < 1.29 is 13.6 Å². The van der Waals surface area contributed by atoms with E-state index in [-0.39, 0.29) is 22.3 Å². The van der Waals surface area contributed by atoms with E-state index >= 15 is 0 Å². The van der Waals surface area contributed by atoms with Crippen LogP contribution in [0.1, 0.15) is 57.7 Å². The molecule has 0 aliphatic carbocycles. The Morgan fingerprint density at radius 3 is 2.58 bits per heavy atom. The second kappa shape index (κ2) is 7.88. The normalized spacial score (nSPS) is 15.6. The Morgan fingerprint density at radius 2 is 1.85 bits per heavy atom. The van der Waals surface area contributed by atoms with Crippen molar-refractivity contribution in [3.63, 3.8) is 0 Å². The summed E-state index contributed by atoms with van der Waals surface area (Å²) < 4.78 is 21.0. The molecule has 1 aliphatic heterocycles. The molecule has 0 bridgehead atoms. The first-order chi connectivity index (χ1) is 15.8. The van der Waals surface area contributed by atoms with E-state index in [1.807, 2.05) is 13.8 Å². The van der Waals surface area contributed by atoms with Gasteiger partial charge in [0.15, 0.2) is 5.43 Å². The number of anilines is 1. The minimum atomic E-state index is -0.990. The average molecular weight is 464 g/mol. The van der Waals surface area contributed by atoms with Gasteiger partial charge in [-0.3, -0.25) is 14.5 Å². The molecule has 1 atom stereocenters. The zero-order valence-corrected chi connectivity index (χ0v) is 19.5. The first-order valence-electron chi connectivity index (χ1n) is 10.7. The highest BCUT2D eigenvalue weighted by Gasteiger charge is 2.46. The van der Waals surface area contributed by atoms with Crippen LogP contribution < -0.4 is 10.3 Å². The molecule has 4 aromatic rings. The van der Waals surface area contributed by atoms with Crippen molar-refractivity contribution in [3.05, 3.63) is 85.5 Å². The monoisotopic (exact) mass is 463 g/mol.